The van der Waals surface area contributed by atoms with E-state index in [-0.39, 0.29) is 12.4 Å². The molecule has 0 bridgehead atoms. The summed E-state index contributed by atoms with van der Waals surface area (Å²) < 4.78 is 13.4. The zero-order chi connectivity index (χ0) is 15.9. The Bertz CT molecular complexity index is 674. The molecular formula is C16H14ClFN2O2. The molecule has 0 heterocycles. The van der Waals surface area contributed by atoms with Gasteiger partial charge in [-0.2, -0.15) is 0 Å². The molecule has 0 unspecified atom stereocenters. The maximum absolute atomic E-state index is 13.4. The summed E-state index contributed by atoms with van der Waals surface area (Å²) in [5.41, 5.74) is 0.958. The fourth-order valence-electron chi connectivity index (χ4n) is 1.81. The molecule has 114 valence electrons. The van der Waals surface area contributed by atoms with Crippen LogP contribution in [0.1, 0.15) is 5.56 Å². The molecule has 2 aromatic rings. The summed E-state index contributed by atoms with van der Waals surface area (Å²) in [5, 5.41) is 5.43. The van der Waals surface area contributed by atoms with Gasteiger partial charge >= 0.3 is 11.8 Å². The number of carbonyl (C=O) groups is 2. The van der Waals surface area contributed by atoms with E-state index in [4.69, 9.17) is 11.6 Å². The lowest BCUT2D eigenvalue weighted by Crippen LogP contribution is -2.36. The predicted octanol–water partition coefficient (Wildman–Crippen LogP) is 2.78. The van der Waals surface area contributed by atoms with Gasteiger partial charge in [0.2, 0.25) is 0 Å². The Labute approximate surface area is 132 Å². The molecule has 2 rings (SSSR count). The first-order valence-corrected chi connectivity index (χ1v) is 7.02. The van der Waals surface area contributed by atoms with Crippen molar-refractivity contribution in [1.82, 2.24) is 5.32 Å². The van der Waals surface area contributed by atoms with Gasteiger partial charge in [0.1, 0.15) is 5.82 Å². The van der Waals surface area contributed by atoms with E-state index in [0.29, 0.717) is 22.7 Å². The van der Waals surface area contributed by atoms with Crippen molar-refractivity contribution in [3.05, 3.63) is 64.9 Å². The van der Waals surface area contributed by atoms with E-state index >= 15 is 0 Å². The Morgan fingerprint density at radius 1 is 1.00 bits per heavy atom. The van der Waals surface area contributed by atoms with E-state index in [2.05, 4.69) is 10.6 Å². The molecule has 0 saturated carbocycles. The first kappa shape index (κ1) is 16.0. The lowest BCUT2D eigenvalue weighted by Gasteiger charge is -2.07. The molecule has 2 amide bonds. The minimum Gasteiger partial charge on any atom is -0.347 e. The largest absolute Gasteiger partial charge is 0.347 e. The van der Waals surface area contributed by atoms with Crippen LogP contribution >= 0.6 is 11.6 Å². The van der Waals surface area contributed by atoms with Crippen LogP contribution in [-0.2, 0) is 16.0 Å². The van der Waals surface area contributed by atoms with Crippen molar-refractivity contribution in [3.63, 3.8) is 0 Å². The normalized spacial score (nSPS) is 10.1. The van der Waals surface area contributed by atoms with Crippen molar-refractivity contribution in [2.75, 3.05) is 11.9 Å². The summed E-state index contributed by atoms with van der Waals surface area (Å²) in [6, 6.07) is 12.7. The second kappa shape index (κ2) is 7.56. The van der Waals surface area contributed by atoms with E-state index in [9.17, 15) is 14.0 Å². The van der Waals surface area contributed by atoms with Gasteiger partial charge in [-0.1, -0.05) is 29.8 Å². The summed E-state index contributed by atoms with van der Waals surface area (Å²) in [5.74, 6) is -1.88. The summed E-state index contributed by atoms with van der Waals surface area (Å²) >= 11 is 5.73. The Morgan fingerprint density at radius 2 is 1.68 bits per heavy atom. The van der Waals surface area contributed by atoms with Gasteiger partial charge in [-0.05, 0) is 42.3 Å². The van der Waals surface area contributed by atoms with E-state index in [0.717, 1.165) is 0 Å². The average Bonchev–Trinajstić information content (AvgIpc) is 2.51. The summed E-state index contributed by atoms with van der Waals surface area (Å²) in [6.07, 6.45) is 0.312. The number of nitrogens with one attached hydrogen (secondary N) is 2. The van der Waals surface area contributed by atoms with Crippen molar-refractivity contribution in [2.24, 2.45) is 0 Å². The van der Waals surface area contributed by atoms with Crippen LogP contribution in [0, 0.1) is 5.82 Å². The van der Waals surface area contributed by atoms with Crippen LogP contribution in [-0.4, -0.2) is 18.4 Å². The van der Waals surface area contributed by atoms with Crippen LogP contribution in [0.3, 0.4) is 0 Å². The molecule has 0 aliphatic carbocycles. The highest BCUT2D eigenvalue weighted by molar-refractivity contribution is 6.39. The zero-order valence-corrected chi connectivity index (χ0v) is 12.4. The standard InChI is InChI=1S/C16H14ClFN2O2/c17-12-5-7-13(8-6-12)20-16(22)15(21)19-10-9-11-3-1-2-4-14(11)18/h1-8H,9-10H2,(H,19,21)(H,20,22). The van der Waals surface area contributed by atoms with E-state index in [1.807, 2.05) is 0 Å². The summed E-state index contributed by atoms with van der Waals surface area (Å²) in [4.78, 5) is 23.3. The molecule has 0 radical (unpaired) electrons. The van der Waals surface area contributed by atoms with E-state index in [1.54, 1.807) is 42.5 Å². The molecule has 0 spiro atoms. The second-order valence-electron chi connectivity index (χ2n) is 4.56. The number of amides is 2. The quantitative estimate of drug-likeness (QED) is 0.851. The van der Waals surface area contributed by atoms with Gasteiger partial charge in [-0.15, -0.1) is 0 Å². The molecule has 0 atom stereocenters. The lowest BCUT2D eigenvalue weighted by molar-refractivity contribution is -0.136. The number of hydrogen-bond acceptors (Lipinski definition) is 2. The van der Waals surface area contributed by atoms with Gasteiger partial charge in [-0.25, -0.2) is 4.39 Å². The van der Waals surface area contributed by atoms with Crippen LogP contribution in [0.25, 0.3) is 0 Å². The Balaban J connectivity index is 1.80. The fourth-order valence-corrected chi connectivity index (χ4v) is 1.94. The van der Waals surface area contributed by atoms with Gasteiger partial charge in [0.05, 0.1) is 0 Å². The number of hydrogen-bond donors (Lipinski definition) is 2. The summed E-state index contributed by atoms with van der Waals surface area (Å²) in [6.45, 7) is 0.174. The smallest absolute Gasteiger partial charge is 0.313 e. The van der Waals surface area contributed by atoms with Crippen molar-refractivity contribution in [2.45, 2.75) is 6.42 Å². The summed E-state index contributed by atoms with van der Waals surface area (Å²) in [7, 11) is 0. The third-order valence-electron chi connectivity index (χ3n) is 2.95. The SMILES string of the molecule is O=C(NCCc1ccccc1F)C(=O)Nc1ccc(Cl)cc1. The van der Waals surface area contributed by atoms with Gasteiger partial charge < -0.3 is 10.6 Å². The highest BCUT2D eigenvalue weighted by Crippen LogP contribution is 2.13. The topological polar surface area (TPSA) is 58.2 Å². The van der Waals surface area contributed by atoms with E-state index in [1.165, 1.54) is 6.07 Å². The predicted molar refractivity (Wildman–Crippen MR) is 83.2 cm³/mol. The monoisotopic (exact) mass is 320 g/mol. The molecule has 0 aliphatic heterocycles. The van der Waals surface area contributed by atoms with Crippen molar-refractivity contribution in [3.8, 4) is 0 Å². The Morgan fingerprint density at radius 3 is 2.36 bits per heavy atom. The number of anilines is 1. The molecular weight excluding hydrogens is 307 g/mol. The molecule has 0 aliphatic rings. The van der Waals surface area contributed by atoms with Crippen molar-refractivity contribution < 1.29 is 14.0 Å². The van der Waals surface area contributed by atoms with Gasteiger partial charge in [0.15, 0.2) is 0 Å². The fraction of sp³-hybridized carbons (Fsp3) is 0.125. The molecule has 6 heteroatoms. The van der Waals surface area contributed by atoms with Crippen LogP contribution in [0.5, 0.6) is 0 Å². The molecule has 0 fully saturated rings. The lowest BCUT2D eigenvalue weighted by atomic mass is 10.1. The maximum Gasteiger partial charge on any atom is 0.313 e. The van der Waals surface area contributed by atoms with Crippen LogP contribution < -0.4 is 10.6 Å². The minimum absolute atomic E-state index is 0.174. The first-order valence-electron chi connectivity index (χ1n) is 6.64. The zero-order valence-electron chi connectivity index (χ0n) is 11.6. The third kappa shape index (κ3) is 4.56. The van der Waals surface area contributed by atoms with Crippen molar-refractivity contribution in [1.29, 1.82) is 0 Å². The number of rotatable bonds is 4. The third-order valence-corrected chi connectivity index (χ3v) is 3.20. The first-order chi connectivity index (χ1) is 10.6. The van der Waals surface area contributed by atoms with Crippen molar-refractivity contribution >= 4 is 29.1 Å². The molecule has 22 heavy (non-hydrogen) atoms. The number of carbonyl (C=O) groups excluding carboxylic acids is 2. The number of benzene rings is 2. The molecule has 4 nitrogen and oxygen atoms in total. The molecule has 2 aromatic carbocycles. The van der Waals surface area contributed by atoms with Crippen LogP contribution in [0.15, 0.2) is 48.5 Å². The minimum atomic E-state index is -0.782. The number of halogens is 2. The van der Waals surface area contributed by atoms with E-state index < -0.39 is 11.8 Å². The Hall–Kier alpha value is -2.40. The molecule has 0 saturated heterocycles. The van der Waals surface area contributed by atoms with Gasteiger partial charge in [0, 0.05) is 17.3 Å². The van der Waals surface area contributed by atoms with Gasteiger partial charge in [0.25, 0.3) is 0 Å². The Kier molecular flexibility index (Phi) is 5.49. The van der Waals surface area contributed by atoms with Gasteiger partial charge in [-0.3, -0.25) is 9.59 Å². The highest BCUT2D eigenvalue weighted by Gasteiger charge is 2.13. The average molecular weight is 321 g/mol. The highest BCUT2D eigenvalue weighted by atomic mass is 35.5. The molecule has 0 aromatic heterocycles. The maximum atomic E-state index is 13.4. The van der Waals surface area contributed by atoms with Crippen LogP contribution in [0.2, 0.25) is 5.02 Å². The molecule has 2 N–H and O–H groups in total. The van der Waals surface area contributed by atoms with Crippen LogP contribution in [0.4, 0.5) is 10.1 Å². The second-order valence-corrected chi connectivity index (χ2v) is 4.99.